The third-order valence-corrected chi connectivity index (χ3v) is 7.41. The summed E-state index contributed by atoms with van der Waals surface area (Å²) in [6, 6.07) is 6.18. The second-order valence-electron chi connectivity index (χ2n) is 5.98. The highest BCUT2D eigenvalue weighted by Crippen LogP contribution is 2.21. The fraction of sp³-hybridized carbons (Fsp3) is 0.412. The number of pyridine rings is 1. The second-order valence-corrected chi connectivity index (χ2v) is 9.09. The molecular formula is C17H20N2O4S2. The van der Waals surface area contributed by atoms with Crippen LogP contribution in [0.1, 0.15) is 34.3 Å². The first-order valence-corrected chi connectivity index (χ1v) is 10.5. The van der Waals surface area contributed by atoms with Crippen molar-refractivity contribution in [1.82, 2.24) is 8.87 Å². The van der Waals surface area contributed by atoms with Crippen molar-refractivity contribution < 1.29 is 13.2 Å². The molecular weight excluding hydrogens is 360 g/mol. The van der Waals surface area contributed by atoms with E-state index in [0.29, 0.717) is 18.0 Å². The summed E-state index contributed by atoms with van der Waals surface area (Å²) in [7, 11) is -3.61. The van der Waals surface area contributed by atoms with E-state index in [0.717, 1.165) is 24.1 Å². The van der Waals surface area contributed by atoms with Crippen molar-refractivity contribution in [2.24, 2.45) is 0 Å². The average Bonchev–Trinajstić information content (AvgIpc) is 3.28. The minimum absolute atomic E-state index is 0.0576. The Bertz CT molecular complexity index is 938. The quantitative estimate of drug-likeness (QED) is 0.720. The van der Waals surface area contributed by atoms with Crippen LogP contribution in [0.4, 0.5) is 0 Å². The maximum Gasteiger partial charge on any atom is 0.251 e. The van der Waals surface area contributed by atoms with Crippen LogP contribution in [0, 0.1) is 0 Å². The van der Waals surface area contributed by atoms with E-state index in [2.05, 4.69) is 0 Å². The smallest absolute Gasteiger partial charge is 0.251 e. The molecule has 2 aromatic heterocycles. The van der Waals surface area contributed by atoms with Crippen molar-refractivity contribution in [2.45, 2.75) is 37.6 Å². The SMILES string of the molecule is CCc1ccc(C(=O)Cn2cc(S(=O)(=O)N3CCCC3)ccc2=O)s1. The van der Waals surface area contributed by atoms with Crippen LogP contribution in [0.15, 0.2) is 40.2 Å². The molecule has 0 unspecified atom stereocenters. The molecule has 1 aliphatic rings. The minimum atomic E-state index is -3.61. The number of hydrogen-bond acceptors (Lipinski definition) is 5. The largest absolute Gasteiger partial charge is 0.306 e. The standard InChI is InChI=1S/C17H20N2O4S2/c1-2-13-5-7-16(24-13)15(20)12-18-11-14(6-8-17(18)21)25(22,23)19-9-3-4-10-19/h5-8,11H,2-4,9-10,12H2,1H3. The summed E-state index contributed by atoms with van der Waals surface area (Å²) in [6.45, 7) is 2.84. The molecule has 8 heteroatoms. The Morgan fingerprint density at radius 3 is 2.52 bits per heavy atom. The van der Waals surface area contributed by atoms with Crippen LogP contribution in [0.25, 0.3) is 0 Å². The monoisotopic (exact) mass is 380 g/mol. The lowest BCUT2D eigenvalue weighted by Crippen LogP contribution is -2.30. The van der Waals surface area contributed by atoms with Crippen LogP contribution in [-0.2, 0) is 23.0 Å². The summed E-state index contributed by atoms with van der Waals surface area (Å²) in [4.78, 5) is 26.2. The van der Waals surface area contributed by atoms with Crippen LogP contribution in [-0.4, -0.2) is 36.2 Å². The highest BCUT2D eigenvalue weighted by atomic mass is 32.2. The molecule has 1 aliphatic heterocycles. The highest BCUT2D eigenvalue weighted by Gasteiger charge is 2.27. The number of ketones is 1. The van der Waals surface area contributed by atoms with Crippen molar-refractivity contribution in [2.75, 3.05) is 13.1 Å². The van der Waals surface area contributed by atoms with E-state index in [1.807, 2.05) is 13.0 Å². The van der Waals surface area contributed by atoms with Crippen LogP contribution in [0.2, 0.25) is 0 Å². The Labute approximate surface area is 150 Å². The van der Waals surface area contributed by atoms with Crippen molar-refractivity contribution in [3.63, 3.8) is 0 Å². The van der Waals surface area contributed by atoms with Crippen molar-refractivity contribution in [3.05, 3.63) is 50.6 Å². The van der Waals surface area contributed by atoms with Gasteiger partial charge in [-0.1, -0.05) is 6.92 Å². The number of sulfonamides is 1. The summed E-state index contributed by atoms with van der Waals surface area (Å²) in [6.07, 6.45) is 3.81. The van der Waals surface area contributed by atoms with Gasteiger partial charge >= 0.3 is 0 Å². The number of thiophene rings is 1. The van der Waals surface area contributed by atoms with Crippen LogP contribution >= 0.6 is 11.3 Å². The molecule has 2 aromatic rings. The molecule has 0 aromatic carbocycles. The highest BCUT2D eigenvalue weighted by molar-refractivity contribution is 7.89. The fourth-order valence-corrected chi connectivity index (χ4v) is 5.23. The van der Waals surface area contributed by atoms with Gasteiger partial charge in [-0.15, -0.1) is 11.3 Å². The molecule has 0 spiro atoms. The second kappa shape index (κ2) is 7.23. The van der Waals surface area contributed by atoms with E-state index in [1.165, 1.54) is 38.5 Å². The Morgan fingerprint density at radius 1 is 1.16 bits per heavy atom. The number of carbonyl (C=O) groups excluding carboxylic acids is 1. The number of aromatic nitrogens is 1. The first-order valence-electron chi connectivity index (χ1n) is 8.24. The lowest BCUT2D eigenvalue weighted by Gasteiger charge is -2.16. The topological polar surface area (TPSA) is 76.5 Å². The number of nitrogens with zero attached hydrogens (tertiary/aromatic N) is 2. The van der Waals surface area contributed by atoms with Gasteiger partial charge in [0.15, 0.2) is 5.78 Å². The summed E-state index contributed by atoms with van der Waals surface area (Å²) in [5.41, 5.74) is -0.388. The molecule has 3 heterocycles. The van der Waals surface area contributed by atoms with Crippen molar-refractivity contribution in [1.29, 1.82) is 0 Å². The van der Waals surface area contributed by atoms with E-state index in [-0.39, 0.29) is 22.8 Å². The summed E-state index contributed by atoms with van der Waals surface area (Å²) in [5.74, 6) is -0.192. The first-order chi connectivity index (χ1) is 11.9. The van der Waals surface area contributed by atoms with E-state index in [1.54, 1.807) is 6.07 Å². The number of rotatable bonds is 6. The molecule has 0 aliphatic carbocycles. The third kappa shape index (κ3) is 3.75. The van der Waals surface area contributed by atoms with Gasteiger partial charge in [-0.3, -0.25) is 9.59 Å². The Morgan fingerprint density at radius 2 is 1.88 bits per heavy atom. The molecule has 0 radical (unpaired) electrons. The minimum Gasteiger partial charge on any atom is -0.306 e. The van der Waals surface area contributed by atoms with Gasteiger partial charge in [-0.05, 0) is 37.5 Å². The number of carbonyl (C=O) groups is 1. The Kier molecular flexibility index (Phi) is 5.21. The molecule has 1 saturated heterocycles. The van der Waals surface area contributed by atoms with E-state index >= 15 is 0 Å². The van der Waals surface area contributed by atoms with Crippen molar-refractivity contribution >= 4 is 27.1 Å². The maximum absolute atomic E-state index is 12.6. The van der Waals surface area contributed by atoms with Crippen LogP contribution < -0.4 is 5.56 Å². The predicted octanol–water partition coefficient (Wildman–Crippen LogP) is 2.14. The van der Waals surface area contributed by atoms with Gasteiger partial charge in [0.2, 0.25) is 10.0 Å². The molecule has 3 rings (SSSR count). The van der Waals surface area contributed by atoms with Gasteiger partial charge in [-0.25, -0.2) is 8.42 Å². The predicted molar refractivity (Wildman–Crippen MR) is 96.7 cm³/mol. The van der Waals surface area contributed by atoms with E-state index in [9.17, 15) is 18.0 Å². The maximum atomic E-state index is 12.6. The molecule has 0 amide bonds. The number of Topliss-reactive ketones (excluding diaryl/α,β-unsaturated/α-hetero) is 1. The zero-order chi connectivity index (χ0) is 18.0. The van der Waals surface area contributed by atoms with Gasteiger partial charge in [0.25, 0.3) is 5.56 Å². The lowest BCUT2D eigenvalue weighted by atomic mass is 10.3. The first kappa shape index (κ1) is 18.0. The molecule has 0 N–H and O–H groups in total. The molecule has 6 nitrogen and oxygen atoms in total. The lowest BCUT2D eigenvalue weighted by molar-refractivity contribution is 0.0974. The van der Waals surface area contributed by atoms with Crippen molar-refractivity contribution in [3.8, 4) is 0 Å². The van der Waals surface area contributed by atoms with E-state index < -0.39 is 10.0 Å². The molecule has 0 atom stereocenters. The molecule has 25 heavy (non-hydrogen) atoms. The summed E-state index contributed by atoms with van der Waals surface area (Å²) < 4.78 is 27.8. The van der Waals surface area contributed by atoms with E-state index in [4.69, 9.17) is 0 Å². The summed E-state index contributed by atoms with van der Waals surface area (Å²) >= 11 is 1.40. The molecule has 1 fully saturated rings. The van der Waals surface area contributed by atoms with Gasteiger partial charge in [0, 0.05) is 30.2 Å². The van der Waals surface area contributed by atoms with Crippen LogP contribution in [0.5, 0.6) is 0 Å². The Balaban J connectivity index is 1.87. The zero-order valence-electron chi connectivity index (χ0n) is 14.0. The van der Waals surface area contributed by atoms with Gasteiger partial charge in [0.1, 0.15) is 0 Å². The normalized spacial score (nSPS) is 15.6. The van der Waals surface area contributed by atoms with Gasteiger partial charge in [-0.2, -0.15) is 4.31 Å². The molecule has 134 valence electrons. The van der Waals surface area contributed by atoms with Crippen LogP contribution in [0.3, 0.4) is 0 Å². The zero-order valence-corrected chi connectivity index (χ0v) is 15.6. The number of aryl methyl sites for hydroxylation is 1. The number of hydrogen-bond donors (Lipinski definition) is 0. The molecule has 0 bridgehead atoms. The third-order valence-electron chi connectivity index (χ3n) is 4.26. The fourth-order valence-electron chi connectivity index (χ4n) is 2.81. The van der Waals surface area contributed by atoms with Gasteiger partial charge in [0.05, 0.1) is 16.3 Å². The van der Waals surface area contributed by atoms with Gasteiger partial charge < -0.3 is 4.57 Å². The summed E-state index contributed by atoms with van der Waals surface area (Å²) in [5, 5.41) is 0. The Hall–Kier alpha value is -1.77. The average molecular weight is 380 g/mol. The molecule has 0 saturated carbocycles.